The first-order chi connectivity index (χ1) is 8.02. The Morgan fingerprint density at radius 3 is 2.39 bits per heavy atom. The zero-order chi connectivity index (χ0) is 12.6. The van der Waals surface area contributed by atoms with Gasteiger partial charge >= 0.3 is 0 Å². The van der Waals surface area contributed by atoms with Gasteiger partial charge in [0, 0.05) is 17.8 Å². The summed E-state index contributed by atoms with van der Waals surface area (Å²) in [7, 11) is 0. The van der Waals surface area contributed by atoms with Gasteiger partial charge < -0.3 is 5.73 Å². The molecule has 0 aliphatic rings. The summed E-state index contributed by atoms with van der Waals surface area (Å²) in [5.74, 6) is 0.815. The van der Waals surface area contributed by atoms with Crippen LogP contribution in [0.3, 0.4) is 0 Å². The number of nitrogens with zero attached hydrogens (tertiary/aromatic N) is 2. The van der Waals surface area contributed by atoms with E-state index in [0.29, 0.717) is 11.8 Å². The summed E-state index contributed by atoms with van der Waals surface area (Å²) >= 11 is 0. The van der Waals surface area contributed by atoms with Gasteiger partial charge in [-0.05, 0) is 24.0 Å². The molecular formula is C14H22ClN3. The summed E-state index contributed by atoms with van der Waals surface area (Å²) in [4.78, 5) is 0. The molecule has 0 saturated heterocycles. The second kappa shape index (κ2) is 5.72. The first-order valence-electron chi connectivity index (χ1n) is 6.25. The van der Waals surface area contributed by atoms with Crippen LogP contribution in [0.1, 0.15) is 50.9 Å². The first-order valence-corrected chi connectivity index (χ1v) is 6.25. The van der Waals surface area contributed by atoms with E-state index >= 15 is 0 Å². The third-order valence-electron chi connectivity index (χ3n) is 3.21. The highest BCUT2D eigenvalue weighted by atomic mass is 35.5. The summed E-state index contributed by atoms with van der Waals surface area (Å²) in [5, 5.41) is 4.65. The van der Waals surface area contributed by atoms with Crippen molar-refractivity contribution in [1.82, 2.24) is 9.61 Å². The van der Waals surface area contributed by atoms with Crippen LogP contribution in [-0.2, 0) is 0 Å². The van der Waals surface area contributed by atoms with E-state index in [2.05, 4.69) is 38.9 Å². The smallest absolute Gasteiger partial charge is 0.0712 e. The second-order valence-corrected chi connectivity index (χ2v) is 5.25. The Labute approximate surface area is 115 Å². The number of hydrogen-bond donors (Lipinski definition) is 1. The first kappa shape index (κ1) is 15.0. The van der Waals surface area contributed by atoms with Gasteiger partial charge in [-0.25, -0.2) is 4.52 Å². The number of nitrogens with two attached hydrogens (primary N) is 1. The normalized spacial score (nSPS) is 13.1. The molecule has 4 heteroatoms. The molecule has 18 heavy (non-hydrogen) atoms. The van der Waals surface area contributed by atoms with Crippen LogP contribution >= 0.6 is 12.4 Å². The van der Waals surface area contributed by atoms with Crippen LogP contribution in [0.4, 0.5) is 0 Å². The Balaban J connectivity index is 0.00000162. The zero-order valence-electron chi connectivity index (χ0n) is 11.4. The van der Waals surface area contributed by atoms with Crippen LogP contribution in [0.15, 0.2) is 24.4 Å². The SMILES string of the molecule is CC(C)c1nn2ccccc2c1C(N)C(C)C.Cl. The molecule has 0 bridgehead atoms. The van der Waals surface area contributed by atoms with E-state index in [1.54, 1.807) is 0 Å². The molecule has 100 valence electrons. The maximum absolute atomic E-state index is 6.33. The van der Waals surface area contributed by atoms with Crippen molar-refractivity contribution in [1.29, 1.82) is 0 Å². The van der Waals surface area contributed by atoms with Crippen molar-refractivity contribution in [3.05, 3.63) is 35.7 Å². The highest BCUT2D eigenvalue weighted by Crippen LogP contribution is 2.30. The molecule has 0 saturated carbocycles. The molecule has 0 aromatic carbocycles. The van der Waals surface area contributed by atoms with E-state index in [1.165, 1.54) is 5.56 Å². The standard InChI is InChI=1S/C14H21N3.ClH/c1-9(2)13(15)12-11-7-5-6-8-17(11)16-14(12)10(3)4;/h5-10,13H,15H2,1-4H3;1H. The topological polar surface area (TPSA) is 43.3 Å². The van der Waals surface area contributed by atoms with Crippen LogP contribution in [-0.4, -0.2) is 9.61 Å². The van der Waals surface area contributed by atoms with E-state index in [-0.39, 0.29) is 18.4 Å². The molecule has 1 atom stereocenters. The van der Waals surface area contributed by atoms with E-state index in [1.807, 2.05) is 22.8 Å². The number of pyridine rings is 1. The predicted molar refractivity (Wildman–Crippen MR) is 78.3 cm³/mol. The van der Waals surface area contributed by atoms with Gasteiger partial charge in [-0.15, -0.1) is 12.4 Å². The minimum Gasteiger partial charge on any atom is -0.324 e. The van der Waals surface area contributed by atoms with Crippen LogP contribution in [0, 0.1) is 5.92 Å². The van der Waals surface area contributed by atoms with Gasteiger partial charge in [-0.1, -0.05) is 33.8 Å². The van der Waals surface area contributed by atoms with Gasteiger partial charge in [0.05, 0.1) is 11.2 Å². The van der Waals surface area contributed by atoms with Crippen molar-refractivity contribution in [2.45, 2.75) is 39.7 Å². The predicted octanol–water partition coefficient (Wildman–Crippen LogP) is 3.54. The lowest BCUT2D eigenvalue weighted by Gasteiger charge is -2.17. The molecule has 1 unspecified atom stereocenters. The molecule has 2 heterocycles. The Kier molecular flexibility index (Phi) is 4.77. The largest absolute Gasteiger partial charge is 0.324 e. The van der Waals surface area contributed by atoms with E-state index < -0.39 is 0 Å². The molecule has 0 radical (unpaired) electrons. The summed E-state index contributed by atoms with van der Waals surface area (Å²) in [6.45, 7) is 8.64. The van der Waals surface area contributed by atoms with Crippen LogP contribution in [0.5, 0.6) is 0 Å². The third-order valence-corrected chi connectivity index (χ3v) is 3.21. The average Bonchev–Trinajstić information content (AvgIpc) is 2.67. The summed E-state index contributed by atoms with van der Waals surface area (Å²) in [6.07, 6.45) is 1.98. The lowest BCUT2D eigenvalue weighted by molar-refractivity contribution is 0.511. The average molecular weight is 268 g/mol. The molecule has 2 rings (SSSR count). The molecule has 3 nitrogen and oxygen atoms in total. The highest BCUT2D eigenvalue weighted by Gasteiger charge is 2.22. The quantitative estimate of drug-likeness (QED) is 0.924. The number of aromatic nitrogens is 2. The van der Waals surface area contributed by atoms with Gasteiger partial charge in [0.15, 0.2) is 0 Å². The molecule has 0 spiro atoms. The number of fused-ring (bicyclic) bond motifs is 1. The molecule has 2 aromatic rings. The van der Waals surface area contributed by atoms with Gasteiger partial charge in [0.2, 0.25) is 0 Å². The maximum atomic E-state index is 6.33. The van der Waals surface area contributed by atoms with E-state index in [4.69, 9.17) is 5.73 Å². The van der Waals surface area contributed by atoms with Gasteiger partial charge in [0.25, 0.3) is 0 Å². The summed E-state index contributed by atoms with van der Waals surface area (Å²) < 4.78 is 1.94. The zero-order valence-corrected chi connectivity index (χ0v) is 12.2. The molecule has 0 fully saturated rings. The number of halogens is 1. The lowest BCUT2D eigenvalue weighted by atomic mass is 9.92. The Hall–Kier alpha value is -1.06. The van der Waals surface area contributed by atoms with Crippen LogP contribution in [0.2, 0.25) is 0 Å². The molecule has 0 aliphatic heterocycles. The third kappa shape index (κ3) is 2.52. The number of rotatable bonds is 3. The van der Waals surface area contributed by atoms with Gasteiger partial charge in [-0.3, -0.25) is 0 Å². The van der Waals surface area contributed by atoms with Crippen molar-refractivity contribution < 1.29 is 0 Å². The Morgan fingerprint density at radius 1 is 1.17 bits per heavy atom. The fourth-order valence-corrected chi connectivity index (χ4v) is 2.14. The Morgan fingerprint density at radius 2 is 1.83 bits per heavy atom. The summed E-state index contributed by atoms with van der Waals surface area (Å²) in [6, 6.07) is 6.18. The number of hydrogen-bond acceptors (Lipinski definition) is 2. The fraction of sp³-hybridized carbons (Fsp3) is 0.500. The van der Waals surface area contributed by atoms with Crippen molar-refractivity contribution in [3.63, 3.8) is 0 Å². The minimum absolute atomic E-state index is 0. The Bertz CT molecular complexity index is 517. The molecule has 0 amide bonds. The van der Waals surface area contributed by atoms with Crippen molar-refractivity contribution in [2.75, 3.05) is 0 Å². The van der Waals surface area contributed by atoms with E-state index in [9.17, 15) is 0 Å². The van der Waals surface area contributed by atoms with Crippen LogP contribution in [0.25, 0.3) is 5.52 Å². The minimum atomic E-state index is 0. The second-order valence-electron chi connectivity index (χ2n) is 5.25. The van der Waals surface area contributed by atoms with Crippen molar-refractivity contribution in [3.8, 4) is 0 Å². The van der Waals surface area contributed by atoms with E-state index in [0.717, 1.165) is 11.2 Å². The lowest BCUT2D eigenvalue weighted by Crippen LogP contribution is -2.18. The molecular weight excluding hydrogens is 246 g/mol. The van der Waals surface area contributed by atoms with Crippen LogP contribution < -0.4 is 5.73 Å². The highest BCUT2D eigenvalue weighted by molar-refractivity contribution is 5.85. The molecule has 2 N–H and O–H groups in total. The summed E-state index contributed by atoms with van der Waals surface area (Å²) in [5.41, 5.74) is 9.80. The molecule has 0 aliphatic carbocycles. The van der Waals surface area contributed by atoms with Crippen molar-refractivity contribution in [2.24, 2.45) is 11.7 Å². The fourth-order valence-electron chi connectivity index (χ4n) is 2.14. The monoisotopic (exact) mass is 267 g/mol. The van der Waals surface area contributed by atoms with Crippen molar-refractivity contribution >= 4 is 17.9 Å². The maximum Gasteiger partial charge on any atom is 0.0712 e. The van der Waals surface area contributed by atoms with Gasteiger partial charge in [0.1, 0.15) is 0 Å². The molecule has 2 aromatic heterocycles. The van der Waals surface area contributed by atoms with Gasteiger partial charge in [-0.2, -0.15) is 5.10 Å².